The summed E-state index contributed by atoms with van der Waals surface area (Å²) in [5.74, 6) is 0.319. The predicted octanol–water partition coefficient (Wildman–Crippen LogP) is 4.81. The van der Waals surface area contributed by atoms with Gasteiger partial charge in [0.05, 0.1) is 11.1 Å². The minimum absolute atomic E-state index is 0.171. The van der Waals surface area contributed by atoms with Crippen LogP contribution in [0, 0.1) is 5.82 Å². The second-order valence-corrected chi connectivity index (χ2v) is 6.07. The maximum absolute atomic E-state index is 14.0. The smallest absolute Gasteiger partial charge is 0.225 e. The number of fused-ring (bicyclic) bond motifs is 1. The molecule has 1 aromatic carbocycles. The van der Waals surface area contributed by atoms with Gasteiger partial charge in [0, 0.05) is 11.9 Å². The molecule has 0 atom stereocenters. The number of nitrogens with zero attached hydrogens (tertiary/aromatic N) is 3. The van der Waals surface area contributed by atoms with Gasteiger partial charge in [0.1, 0.15) is 16.5 Å². The standard InChI is InChI=1S/C15H13ClFN3S/c1-3-9-8-10-13(18-15(16)19-14(10)21-9)20(2)12-7-5-4-6-11(12)17/h4-8H,3H2,1-2H3. The number of para-hydroxylation sites is 1. The number of halogens is 2. The maximum atomic E-state index is 14.0. The van der Waals surface area contributed by atoms with E-state index in [1.165, 1.54) is 10.9 Å². The minimum Gasteiger partial charge on any atom is -0.326 e. The SMILES string of the molecule is CCc1cc2c(N(C)c3ccccc3F)nc(Cl)nc2s1. The molecule has 0 aliphatic heterocycles. The zero-order valence-electron chi connectivity index (χ0n) is 11.6. The first-order valence-corrected chi connectivity index (χ1v) is 7.73. The van der Waals surface area contributed by atoms with Gasteiger partial charge in [-0.05, 0) is 36.2 Å². The molecule has 0 aliphatic carbocycles. The molecule has 0 radical (unpaired) electrons. The Morgan fingerprint density at radius 1 is 1.29 bits per heavy atom. The van der Waals surface area contributed by atoms with Crippen LogP contribution in [-0.4, -0.2) is 17.0 Å². The van der Waals surface area contributed by atoms with E-state index >= 15 is 0 Å². The predicted molar refractivity (Wildman–Crippen MR) is 86.3 cm³/mol. The Labute approximate surface area is 131 Å². The van der Waals surface area contributed by atoms with Crippen molar-refractivity contribution in [3.05, 3.63) is 46.3 Å². The van der Waals surface area contributed by atoms with Crippen molar-refractivity contribution in [2.24, 2.45) is 0 Å². The van der Waals surface area contributed by atoms with Crippen LogP contribution in [0.5, 0.6) is 0 Å². The molecule has 0 fully saturated rings. The molecule has 0 saturated heterocycles. The molecule has 0 spiro atoms. The van der Waals surface area contributed by atoms with Crippen molar-refractivity contribution in [1.82, 2.24) is 9.97 Å². The lowest BCUT2D eigenvalue weighted by Crippen LogP contribution is -2.13. The Hall–Kier alpha value is -1.72. The van der Waals surface area contributed by atoms with Crippen LogP contribution in [0.2, 0.25) is 5.28 Å². The summed E-state index contributed by atoms with van der Waals surface area (Å²) in [6.45, 7) is 2.08. The van der Waals surface area contributed by atoms with Crippen LogP contribution in [0.3, 0.4) is 0 Å². The van der Waals surface area contributed by atoms with Crippen LogP contribution in [-0.2, 0) is 6.42 Å². The summed E-state index contributed by atoms with van der Waals surface area (Å²) in [7, 11) is 1.78. The number of thiophene rings is 1. The molecule has 0 N–H and O–H groups in total. The minimum atomic E-state index is -0.297. The van der Waals surface area contributed by atoms with Crippen LogP contribution in [0.4, 0.5) is 15.9 Å². The molecular weight excluding hydrogens is 309 g/mol. The molecule has 2 aromatic heterocycles. The van der Waals surface area contributed by atoms with Crippen LogP contribution in [0.1, 0.15) is 11.8 Å². The van der Waals surface area contributed by atoms with Gasteiger partial charge in [-0.1, -0.05) is 19.1 Å². The topological polar surface area (TPSA) is 29.0 Å². The summed E-state index contributed by atoms with van der Waals surface area (Å²) in [6.07, 6.45) is 0.918. The van der Waals surface area contributed by atoms with Gasteiger partial charge in [0.15, 0.2) is 0 Å². The van der Waals surface area contributed by atoms with Crippen LogP contribution < -0.4 is 4.90 Å². The summed E-state index contributed by atoms with van der Waals surface area (Å²) in [6, 6.07) is 8.64. The number of anilines is 2. The quantitative estimate of drug-likeness (QED) is 0.648. The highest BCUT2D eigenvalue weighted by Gasteiger charge is 2.17. The third kappa shape index (κ3) is 2.59. The van der Waals surface area contributed by atoms with E-state index < -0.39 is 0 Å². The van der Waals surface area contributed by atoms with Crippen molar-refractivity contribution < 1.29 is 4.39 Å². The molecule has 0 aliphatic rings. The number of hydrogen-bond donors (Lipinski definition) is 0. The number of aromatic nitrogens is 2. The third-order valence-corrected chi connectivity index (χ3v) is 4.62. The molecule has 0 amide bonds. The lowest BCUT2D eigenvalue weighted by molar-refractivity contribution is 0.627. The van der Waals surface area contributed by atoms with E-state index in [0.717, 1.165) is 16.6 Å². The fraction of sp³-hybridized carbons (Fsp3) is 0.200. The molecule has 3 nitrogen and oxygen atoms in total. The highest BCUT2D eigenvalue weighted by molar-refractivity contribution is 7.18. The second-order valence-electron chi connectivity index (χ2n) is 4.61. The molecule has 2 heterocycles. The highest BCUT2D eigenvalue weighted by Crippen LogP contribution is 2.35. The Kier molecular flexibility index (Phi) is 3.78. The van der Waals surface area contributed by atoms with Gasteiger partial charge in [0.25, 0.3) is 0 Å². The largest absolute Gasteiger partial charge is 0.326 e. The van der Waals surface area contributed by atoms with Crippen molar-refractivity contribution in [2.75, 3.05) is 11.9 Å². The number of aryl methyl sites for hydroxylation is 1. The lowest BCUT2D eigenvalue weighted by Gasteiger charge is -2.19. The first-order chi connectivity index (χ1) is 10.1. The fourth-order valence-electron chi connectivity index (χ4n) is 2.20. The van der Waals surface area contributed by atoms with Gasteiger partial charge in [-0.15, -0.1) is 11.3 Å². The average Bonchev–Trinajstić information content (AvgIpc) is 2.89. The van der Waals surface area contributed by atoms with Gasteiger partial charge >= 0.3 is 0 Å². The van der Waals surface area contributed by atoms with E-state index in [2.05, 4.69) is 16.9 Å². The summed E-state index contributed by atoms with van der Waals surface area (Å²) in [4.78, 5) is 12.3. The molecule has 3 aromatic rings. The molecule has 0 unspecified atom stereocenters. The molecule has 6 heteroatoms. The van der Waals surface area contributed by atoms with Gasteiger partial charge in [-0.3, -0.25) is 0 Å². The lowest BCUT2D eigenvalue weighted by atomic mass is 10.2. The number of rotatable bonds is 3. The van der Waals surface area contributed by atoms with E-state index in [1.54, 1.807) is 41.5 Å². The first-order valence-electron chi connectivity index (χ1n) is 6.54. The van der Waals surface area contributed by atoms with Gasteiger partial charge in [-0.2, -0.15) is 4.98 Å². The normalized spacial score (nSPS) is 11.0. The van der Waals surface area contributed by atoms with Crippen molar-refractivity contribution in [2.45, 2.75) is 13.3 Å². The van der Waals surface area contributed by atoms with Crippen molar-refractivity contribution in [1.29, 1.82) is 0 Å². The summed E-state index contributed by atoms with van der Waals surface area (Å²) < 4.78 is 14.0. The monoisotopic (exact) mass is 321 g/mol. The van der Waals surface area contributed by atoms with E-state index in [0.29, 0.717) is 11.5 Å². The van der Waals surface area contributed by atoms with Crippen molar-refractivity contribution in [3.63, 3.8) is 0 Å². The van der Waals surface area contributed by atoms with Gasteiger partial charge in [-0.25, -0.2) is 9.37 Å². The molecule has 108 valence electrons. The summed E-state index contributed by atoms with van der Waals surface area (Å²) in [5.41, 5.74) is 0.456. The van der Waals surface area contributed by atoms with E-state index in [9.17, 15) is 4.39 Å². The zero-order chi connectivity index (χ0) is 15.0. The molecule has 3 rings (SSSR count). The summed E-state index contributed by atoms with van der Waals surface area (Å²) in [5, 5.41) is 1.07. The van der Waals surface area contributed by atoms with Crippen molar-refractivity contribution >= 4 is 44.7 Å². The van der Waals surface area contributed by atoms with Gasteiger partial charge in [0.2, 0.25) is 5.28 Å². The fourth-order valence-corrected chi connectivity index (χ4v) is 3.38. The highest BCUT2D eigenvalue weighted by atomic mass is 35.5. The van der Waals surface area contributed by atoms with E-state index in [-0.39, 0.29) is 11.1 Å². The Morgan fingerprint density at radius 3 is 2.76 bits per heavy atom. The van der Waals surface area contributed by atoms with E-state index in [4.69, 9.17) is 11.6 Å². The molecule has 21 heavy (non-hydrogen) atoms. The Balaban J connectivity index is 2.19. The third-order valence-electron chi connectivity index (χ3n) is 3.28. The van der Waals surface area contributed by atoms with Crippen molar-refractivity contribution in [3.8, 4) is 0 Å². The van der Waals surface area contributed by atoms with Gasteiger partial charge < -0.3 is 4.90 Å². The maximum Gasteiger partial charge on any atom is 0.225 e. The molecule has 0 bridgehead atoms. The average molecular weight is 322 g/mol. The Bertz CT molecular complexity index is 803. The first kappa shape index (κ1) is 14.2. The molecular formula is C15H13ClFN3S. The zero-order valence-corrected chi connectivity index (χ0v) is 13.2. The van der Waals surface area contributed by atoms with Crippen LogP contribution in [0.15, 0.2) is 30.3 Å². The van der Waals surface area contributed by atoms with E-state index in [1.807, 2.05) is 6.07 Å². The summed E-state index contributed by atoms with van der Waals surface area (Å²) >= 11 is 7.60. The number of hydrogen-bond acceptors (Lipinski definition) is 4. The second kappa shape index (κ2) is 5.58. The van der Waals surface area contributed by atoms with Crippen LogP contribution in [0.25, 0.3) is 10.2 Å². The Morgan fingerprint density at radius 2 is 2.05 bits per heavy atom. The number of benzene rings is 1. The molecule has 0 saturated carbocycles. The van der Waals surface area contributed by atoms with Crippen LogP contribution >= 0.6 is 22.9 Å².